The molecular weight excluding hydrogens is 328 g/mol. The molecule has 4 rings (SSSR count). The van der Waals surface area contributed by atoms with Crippen LogP contribution in [0, 0.1) is 0 Å². The van der Waals surface area contributed by atoms with Crippen LogP contribution in [0.5, 0.6) is 0 Å². The Bertz CT molecular complexity index is 809. The van der Waals surface area contributed by atoms with Gasteiger partial charge in [0.15, 0.2) is 0 Å². The third-order valence-corrected chi connectivity index (χ3v) is 5.38. The van der Waals surface area contributed by atoms with E-state index in [0.29, 0.717) is 13.0 Å². The molecule has 0 saturated carbocycles. The van der Waals surface area contributed by atoms with Crippen LogP contribution in [0.4, 0.5) is 14.6 Å². The summed E-state index contributed by atoms with van der Waals surface area (Å²) in [6.45, 7) is 0.817. The van der Waals surface area contributed by atoms with E-state index in [-0.39, 0.29) is 12.1 Å². The van der Waals surface area contributed by atoms with Gasteiger partial charge < -0.3 is 10.2 Å². The number of halogens is 2. The molecular formula is C17H19F2N5O. The van der Waals surface area contributed by atoms with Gasteiger partial charge in [0.2, 0.25) is 0 Å². The molecule has 25 heavy (non-hydrogen) atoms. The number of aromatic nitrogens is 3. The Morgan fingerprint density at radius 3 is 2.88 bits per heavy atom. The number of fused-ring (bicyclic) bond motifs is 3. The molecule has 0 radical (unpaired) electrons. The van der Waals surface area contributed by atoms with Gasteiger partial charge in [0, 0.05) is 31.1 Å². The first kappa shape index (κ1) is 16.1. The monoisotopic (exact) mass is 347 g/mol. The number of rotatable bonds is 4. The molecule has 0 unspecified atom stereocenters. The standard InChI is InChI=1S/C17H19F2N5O/c1-16(18,19)15(25)21-9-17-5-2-11(3-6-17)24(17)14-12-4-7-20-8-13(12)22-10-23-14/h4,7-8,10-11H,2-3,5-6,9H2,1H3,(H,21,25). The minimum absolute atomic E-state index is 0.197. The Morgan fingerprint density at radius 1 is 1.40 bits per heavy atom. The first-order valence-electron chi connectivity index (χ1n) is 8.41. The number of hydrogen-bond donors (Lipinski definition) is 1. The maximum atomic E-state index is 13.2. The van der Waals surface area contributed by atoms with Crippen LogP contribution < -0.4 is 10.2 Å². The fraction of sp³-hybridized carbons (Fsp3) is 0.529. The number of nitrogens with zero attached hydrogens (tertiary/aromatic N) is 4. The molecule has 2 bridgehead atoms. The Balaban J connectivity index is 1.68. The van der Waals surface area contributed by atoms with Crippen molar-refractivity contribution in [1.82, 2.24) is 20.3 Å². The second kappa shape index (κ2) is 5.57. The van der Waals surface area contributed by atoms with E-state index in [4.69, 9.17) is 0 Å². The highest BCUT2D eigenvalue weighted by Gasteiger charge is 2.53. The molecule has 132 valence electrons. The molecule has 0 spiro atoms. The van der Waals surface area contributed by atoms with Gasteiger partial charge in [0.25, 0.3) is 5.91 Å². The molecule has 4 heterocycles. The van der Waals surface area contributed by atoms with Crippen molar-refractivity contribution in [2.24, 2.45) is 0 Å². The third kappa shape index (κ3) is 2.60. The number of pyridine rings is 1. The zero-order valence-electron chi connectivity index (χ0n) is 13.9. The van der Waals surface area contributed by atoms with Crippen molar-refractivity contribution in [1.29, 1.82) is 0 Å². The molecule has 1 amide bonds. The lowest BCUT2D eigenvalue weighted by Gasteiger charge is -2.36. The van der Waals surface area contributed by atoms with Crippen LogP contribution >= 0.6 is 0 Å². The average molecular weight is 347 g/mol. The van der Waals surface area contributed by atoms with Gasteiger partial charge >= 0.3 is 5.92 Å². The molecule has 2 aliphatic heterocycles. The van der Waals surface area contributed by atoms with Gasteiger partial charge in [-0.05, 0) is 31.7 Å². The lowest BCUT2D eigenvalue weighted by molar-refractivity contribution is -0.143. The van der Waals surface area contributed by atoms with Crippen LogP contribution in [0.15, 0.2) is 24.8 Å². The molecule has 6 nitrogen and oxygen atoms in total. The summed E-state index contributed by atoms with van der Waals surface area (Å²) in [4.78, 5) is 26.7. The van der Waals surface area contributed by atoms with Crippen molar-refractivity contribution in [3.8, 4) is 0 Å². The predicted octanol–water partition coefficient (Wildman–Crippen LogP) is 2.30. The number of alkyl halides is 2. The van der Waals surface area contributed by atoms with Crippen LogP contribution in [0.25, 0.3) is 10.9 Å². The maximum absolute atomic E-state index is 13.2. The molecule has 0 atom stereocenters. The van der Waals surface area contributed by atoms with Crippen molar-refractivity contribution in [3.05, 3.63) is 24.8 Å². The zero-order chi connectivity index (χ0) is 17.7. The largest absolute Gasteiger partial charge is 0.349 e. The summed E-state index contributed by atoms with van der Waals surface area (Å²) in [6, 6.07) is 2.18. The summed E-state index contributed by atoms with van der Waals surface area (Å²) in [6.07, 6.45) is 8.52. The summed E-state index contributed by atoms with van der Waals surface area (Å²) in [5, 5.41) is 3.34. The molecule has 2 aromatic rings. The lowest BCUT2D eigenvalue weighted by Crippen LogP contribution is -2.52. The second-order valence-electron chi connectivity index (χ2n) is 6.99. The minimum Gasteiger partial charge on any atom is -0.349 e. The van der Waals surface area contributed by atoms with Crippen LogP contribution in [0.3, 0.4) is 0 Å². The Hall–Kier alpha value is -2.38. The molecule has 2 fully saturated rings. The number of amides is 1. The lowest BCUT2D eigenvalue weighted by atomic mass is 9.87. The Morgan fingerprint density at radius 2 is 2.16 bits per heavy atom. The Kier molecular flexibility index (Phi) is 3.59. The van der Waals surface area contributed by atoms with Gasteiger partial charge in [-0.2, -0.15) is 8.78 Å². The van der Waals surface area contributed by atoms with Gasteiger partial charge in [-0.3, -0.25) is 9.78 Å². The quantitative estimate of drug-likeness (QED) is 0.919. The summed E-state index contributed by atoms with van der Waals surface area (Å²) in [5.41, 5.74) is 0.383. The predicted molar refractivity (Wildman–Crippen MR) is 88.4 cm³/mol. The summed E-state index contributed by atoms with van der Waals surface area (Å²) in [5.74, 6) is -3.80. The third-order valence-electron chi connectivity index (χ3n) is 5.38. The van der Waals surface area contributed by atoms with Crippen LogP contribution in [0.1, 0.15) is 32.6 Å². The topological polar surface area (TPSA) is 71.0 Å². The number of anilines is 1. The number of nitrogens with one attached hydrogen (secondary N) is 1. The molecule has 2 aromatic heterocycles. The van der Waals surface area contributed by atoms with Gasteiger partial charge in [0.05, 0.1) is 17.3 Å². The van der Waals surface area contributed by atoms with Gasteiger partial charge in [0.1, 0.15) is 12.1 Å². The summed E-state index contributed by atoms with van der Waals surface area (Å²) >= 11 is 0. The smallest absolute Gasteiger partial charge is 0.321 e. The van der Waals surface area contributed by atoms with E-state index in [2.05, 4.69) is 25.2 Å². The highest BCUT2D eigenvalue weighted by atomic mass is 19.3. The molecule has 2 saturated heterocycles. The molecule has 1 N–H and O–H groups in total. The van der Waals surface area contributed by atoms with Crippen molar-refractivity contribution < 1.29 is 13.6 Å². The first-order chi connectivity index (χ1) is 11.9. The fourth-order valence-electron chi connectivity index (χ4n) is 4.17. The normalized spacial score (nSPS) is 25.6. The van der Waals surface area contributed by atoms with Crippen molar-refractivity contribution in [2.45, 2.75) is 50.1 Å². The fourth-order valence-corrected chi connectivity index (χ4v) is 4.17. The van der Waals surface area contributed by atoms with Crippen molar-refractivity contribution >= 4 is 22.6 Å². The Labute approximate surface area is 143 Å². The maximum Gasteiger partial charge on any atom is 0.321 e. The summed E-state index contributed by atoms with van der Waals surface area (Å²) in [7, 11) is 0. The second-order valence-corrected chi connectivity index (χ2v) is 6.99. The van der Waals surface area contributed by atoms with Gasteiger partial charge in [-0.25, -0.2) is 9.97 Å². The van der Waals surface area contributed by atoms with E-state index in [1.807, 2.05) is 6.07 Å². The van der Waals surface area contributed by atoms with Gasteiger partial charge in [-0.15, -0.1) is 0 Å². The van der Waals surface area contributed by atoms with Crippen molar-refractivity contribution in [3.63, 3.8) is 0 Å². The molecule has 0 aliphatic carbocycles. The minimum atomic E-state index is -3.37. The molecule has 8 heteroatoms. The molecule has 2 aliphatic rings. The van der Waals surface area contributed by atoms with Crippen LogP contribution in [-0.2, 0) is 4.79 Å². The highest BCUT2D eigenvalue weighted by Crippen LogP contribution is 2.49. The van der Waals surface area contributed by atoms with E-state index in [0.717, 1.165) is 42.4 Å². The first-order valence-corrected chi connectivity index (χ1v) is 8.41. The van der Waals surface area contributed by atoms with Crippen LogP contribution in [-0.4, -0.2) is 44.9 Å². The van der Waals surface area contributed by atoms with E-state index >= 15 is 0 Å². The number of carbonyl (C=O) groups excluding carboxylic acids is 1. The van der Waals surface area contributed by atoms with E-state index in [1.165, 1.54) is 6.33 Å². The highest BCUT2D eigenvalue weighted by molar-refractivity contribution is 5.89. The van der Waals surface area contributed by atoms with Crippen LogP contribution in [0.2, 0.25) is 0 Å². The zero-order valence-corrected chi connectivity index (χ0v) is 13.9. The SMILES string of the molecule is CC(F)(F)C(=O)NCC12CCC(CC1)N2c1ncnc2cnccc12. The number of hydrogen-bond acceptors (Lipinski definition) is 5. The van der Waals surface area contributed by atoms with E-state index in [1.54, 1.807) is 12.4 Å². The van der Waals surface area contributed by atoms with Gasteiger partial charge in [-0.1, -0.05) is 0 Å². The molecule has 0 aromatic carbocycles. The van der Waals surface area contributed by atoms with E-state index in [9.17, 15) is 13.6 Å². The van der Waals surface area contributed by atoms with E-state index < -0.39 is 11.8 Å². The summed E-state index contributed by atoms with van der Waals surface area (Å²) < 4.78 is 26.4. The average Bonchev–Trinajstić information content (AvgIpc) is 3.13. The van der Waals surface area contributed by atoms with Crippen molar-refractivity contribution in [2.75, 3.05) is 11.4 Å². The number of carbonyl (C=O) groups is 1.